The molecule has 1 saturated heterocycles. The Kier molecular flexibility index (Phi) is 9.02. The van der Waals surface area contributed by atoms with Crippen LogP contribution in [-0.4, -0.2) is 57.8 Å². The number of rotatable bonds is 7. The van der Waals surface area contributed by atoms with Crippen LogP contribution in [0.1, 0.15) is 55.1 Å². The zero-order chi connectivity index (χ0) is 29.7. The van der Waals surface area contributed by atoms with Gasteiger partial charge in [0, 0.05) is 48.7 Å². The van der Waals surface area contributed by atoms with Crippen LogP contribution in [0.4, 0.5) is 4.39 Å². The highest BCUT2D eigenvalue weighted by atomic mass is 19.1. The first-order chi connectivity index (χ1) is 19.4. The highest BCUT2D eigenvalue weighted by Gasteiger charge is 2.23. The maximum atomic E-state index is 15.1. The van der Waals surface area contributed by atoms with Gasteiger partial charge in [-0.1, -0.05) is 0 Å². The molecule has 0 spiro atoms. The number of nitrogens with zero attached hydrogens (tertiary/aromatic N) is 3. The number of carbonyl (C=O) groups excluding carboxylic acids is 2. The second-order valence-corrected chi connectivity index (χ2v) is 11.2. The number of aliphatic imine (C=N–C) groups is 1. The first-order valence-corrected chi connectivity index (χ1v) is 13.5. The lowest BCUT2D eigenvalue weighted by Gasteiger charge is -2.29. The number of aliphatic hydroxyl groups is 1. The van der Waals surface area contributed by atoms with Crippen LogP contribution in [0.3, 0.4) is 0 Å². The van der Waals surface area contributed by atoms with E-state index in [0.29, 0.717) is 59.4 Å². The molecule has 9 nitrogen and oxygen atoms in total. The summed E-state index contributed by atoms with van der Waals surface area (Å²) in [6.07, 6.45) is 4.82. The number of piperidine rings is 1. The number of likely N-dealkylation sites (tertiary alicyclic amines) is 1. The number of nitrogens with one attached hydrogen (secondary N) is 1. The first-order valence-electron chi connectivity index (χ1n) is 13.5. The number of nitrogens with two attached hydrogens (primary N) is 1. The van der Waals surface area contributed by atoms with Gasteiger partial charge in [-0.25, -0.2) is 4.39 Å². The lowest BCUT2D eigenvalue weighted by molar-refractivity contribution is -0.119. The average Bonchev–Trinajstić information content (AvgIpc) is 2.93. The van der Waals surface area contributed by atoms with Crippen molar-refractivity contribution in [1.82, 2.24) is 15.2 Å². The van der Waals surface area contributed by atoms with Crippen molar-refractivity contribution in [3.8, 4) is 11.5 Å². The Morgan fingerprint density at radius 3 is 2.61 bits per heavy atom. The Hall–Kier alpha value is -4.31. The molecule has 216 valence electrons. The van der Waals surface area contributed by atoms with Gasteiger partial charge in [-0.15, -0.1) is 0 Å². The summed E-state index contributed by atoms with van der Waals surface area (Å²) in [4.78, 5) is 36.1. The van der Waals surface area contributed by atoms with Crippen LogP contribution < -0.4 is 15.8 Å². The quantitative estimate of drug-likeness (QED) is 0.367. The molecule has 41 heavy (non-hydrogen) atoms. The van der Waals surface area contributed by atoms with Crippen molar-refractivity contribution < 1.29 is 23.8 Å². The van der Waals surface area contributed by atoms with E-state index < -0.39 is 11.7 Å². The van der Waals surface area contributed by atoms with Crippen molar-refractivity contribution in [2.24, 2.45) is 10.7 Å². The van der Waals surface area contributed by atoms with Crippen LogP contribution in [-0.2, 0) is 11.2 Å². The van der Waals surface area contributed by atoms with E-state index in [4.69, 9.17) is 10.5 Å². The first kappa shape index (κ1) is 29.7. The van der Waals surface area contributed by atoms with Gasteiger partial charge < -0.3 is 25.8 Å². The molecule has 3 aromatic rings. The van der Waals surface area contributed by atoms with E-state index in [2.05, 4.69) is 15.3 Å². The van der Waals surface area contributed by atoms with Crippen LogP contribution in [0.2, 0.25) is 0 Å². The number of fused-ring (bicyclic) bond motifs is 1. The van der Waals surface area contributed by atoms with Gasteiger partial charge in [0.25, 0.3) is 5.91 Å². The van der Waals surface area contributed by atoms with E-state index >= 15 is 4.39 Å². The highest BCUT2D eigenvalue weighted by molar-refractivity contribution is 5.99. The molecule has 2 amide bonds. The number of amides is 2. The molecule has 4 rings (SSSR count). The van der Waals surface area contributed by atoms with Crippen LogP contribution in [0.25, 0.3) is 10.9 Å². The minimum Gasteiger partial charge on any atom is -0.456 e. The zero-order valence-corrected chi connectivity index (χ0v) is 23.8. The van der Waals surface area contributed by atoms with E-state index in [1.165, 1.54) is 18.5 Å². The molecule has 1 aromatic heterocycles. The van der Waals surface area contributed by atoms with E-state index in [0.717, 1.165) is 0 Å². The monoisotopic (exact) mass is 561 g/mol. The van der Waals surface area contributed by atoms with E-state index in [1.807, 2.05) is 20.8 Å². The topological polar surface area (TPSA) is 130 Å². The largest absolute Gasteiger partial charge is 0.456 e. The second kappa shape index (κ2) is 12.5. The van der Waals surface area contributed by atoms with Crippen LogP contribution in [0.5, 0.6) is 11.5 Å². The Morgan fingerprint density at radius 1 is 1.20 bits per heavy atom. The maximum Gasteiger partial charge on any atom is 0.253 e. The summed E-state index contributed by atoms with van der Waals surface area (Å²) in [6.45, 7) is 8.49. The molecule has 0 atom stereocenters. The minimum absolute atomic E-state index is 0.129. The number of ether oxygens (including phenoxy) is 1. The standard InChI is InChI=1S/C31H36FN5O4/c1-19-13-21(15-29(39)36-22(17-33)18-35-31(2,3)4)25(32)16-28(19)41-27-7-10-34-26-6-5-20(14-24(26)27)30(40)37-11-8-23(38)9-12-37/h5-7,10,13-14,16-18,23,38H,8-9,11-12,15,33H2,1-4H3,(H,36,39)/b22-17+,35-18?. The summed E-state index contributed by atoms with van der Waals surface area (Å²) >= 11 is 0. The number of aryl methyl sites for hydroxylation is 1. The third-order valence-corrected chi connectivity index (χ3v) is 6.67. The zero-order valence-electron chi connectivity index (χ0n) is 23.8. The summed E-state index contributed by atoms with van der Waals surface area (Å²) in [5, 5.41) is 13.0. The Morgan fingerprint density at radius 2 is 1.93 bits per heavy atom. The molecule has 10 heteroatoms. The molecule has 1 aliphatic heterocycles. The molecule has 0 radical (unpaired) electrons. The summed E-state index contributed by atoms with van der Waals surface area (Å²) < 4.78 is 21.2. The molecule has 0 bridgehead atoms. The Balaban J connectivity index is 1.52. The van der Waals surface area contributed by atoms with Gasteiger partial charge in [0.1, 0.15) is 17.3 Å². The minimum atomic E-state index is -0.594. The Labute approximate surface area is 238 Å². The van der Waals surface area contributed by atoms with Crippen LogP contribution in [0.15, 0.2) is 59.5 Å². The molecular weight excluding hydrogens is 525 g/mol. The SMILES string of the molecule is Cc1cc(CC(=O)N/C(C=NC(C)(C)C)=C/N)c(F)cc1Oc1ccnc2ccc(C(=O)N3CCC(O)CC3)cc12. The van der Waals surface area contributed by atoms with Crippen molar-refractivity contribution in [3.63, 3.8) is 0 Å². The number of benzene rings is 2. The molecule has 0 unspecified atom stereocenters. The number of allylic oxidation sites excluding steroid dienone is 1. The van der Waals surface area contributed by atoms with Gasteiger partial charge in [-0.05, 0) is 82.0 Å². The number of carbonyl (C=O) groups is 2. The number of aliphatic hydroxyl groups excluding tert-OH is 1. The number of pyridine rings is 1. The van der Waals surface area contributed by atoms with Gasteiger partial charge >= 0.3 is 0 Å². The van der Waals surface area contributed by atoms with Crippen molar-refractivity contribution >= 4 is 28.9 Å². The molecule has 2 aromatic carbocycles. The van der Waals surface area contributed by atoms with Crippen molar-refractivity contribution in [1.29, 1.82) is 0 Å². The summed E-state index contributed by atoms with van der Waals surface area (Å²) in [7, 11) is 0. The maximum absolute atomic E-state index is 15.1. The third-order valence-electron chi connectivity index (χ3n) is 6.67. The number of halogens is 1. The Bertz CT molecular complexity index is 1500. The van der Waals surface area contributed by atoms with E-state index in [9.17, 15) is 14.7 Å². The predicted octanol–water partition coefficient (Wildman–Crippen LogP) is 4.40. The molecule has 1 aliphatic rings. The van der Waals surface area contributed by atoms with Crippen LogP contribution in [0, 0.1) is 12.7 Å². The number of hydrogen-bond donors (Lipinski definition) is 3. The fraction of sp³-hybridized carbons (Fsp3) is 0.355. The molecule has 1 fully saturated rings. The molecule has 2 heterocycles. The second-order valence-electron chi connectivity index (χ2n) is 11.2. The van der Waals surface area contributed by atoms with Gasteiger partial charge in [-0.3, -0.25) is 19.6 Å². The fourth-order valence-corrected chi connectivity index (χ4v) is 4.44. The van der Waals surface area contributed by atoms with E-state index in [1.54, 1.807) is 48.4 Å². The summed E-state index contributed by atoms with van der Waals surface area (Å²) in [5.41, 5.74) is 7.52. The number of hydrogen-bond acceptors (Lipinski definition) is 7. The van der Waals surface area contributed by atoms with Gasteiger partial charge in [-0.2, -0.15) is 0 Å². The van der Waals surface area contributed by atoms with Crippen molar-refractivity contribution in [2.45, 2.75) is 58.6 Å². The lowest BCUT2D eigenvalue weighted by Crippen LogP contribution is -2.40. The lowest BCUT2D eigenvalue weighted by atomic mass is 10.0. The van der Waals surface area contributed by atoms with Gasteiger partial charge in [0.05, 0.1) is 29.3 Å². The number of aromatic nitrogens is 1. The predicted molar refractivity (Wildman–Crippen MR) is 156 cm³/mol. The summed E-state index contributed by atoms with van der Waals surface area (Å²) in [6, 6.07) is 9.67. The average molecular weight is 562 g/mol. The normalized spacial score (nSPS) is 15.0. The van der Waals surface area contributed by atoms with E-state index in [-0.39, 0.29) is 35.3 Å². The van der Waals surface area contributed by atoms with Crippen molar-refractivity contribution in [2.75, 3.05) is 13.1 Å². The molecule has 0 aliphatic carbocycles. The third kappa shape index (κ3) is 7.67. The van der Waals surface area contributed by atoms with Crippen molar-refractivity contribution in [3.05, 3.63) is 77.0 Å². The molecule has 0 saturated carbocycles. The van der Waals surface area contributed by atoms with Gasteiger partial charge in [0.2, 0.25) is 5.91 Å². The van der Waals surface area contributed by atoms with Crippen LogP contribution >= 0.6 is 0 Å². The van der Waals surface area contributed by atoms with Gasteiger partial charge in [0.15, 0.2) is 0 Å². The summed E-state index contributed by atoms with van der Waals surface area (Å²) in [5.74, 6) is -0.461. The smallest absolute Gasteiger partial charge is 0.253 e. The fourth-order valence-electron chi connectivity index (χ4n) is 4.44. The molecule has 4 N–H and O–H groups in total. The highest BCUT2D eigenvalue weighted by Crippen LogP contribution is 2.33. The molecular formula is C31H36FN5O4.